The topological polar surface area (TPSA) is 0 Å². The van der Waals surface area contributed by atoms with E-state index in [0.717, 1.165) is 11.2 Å². The summed E-state index contributed by atoms with van der Waals surface area (Å²) >= 11 is 2.16. The smallest absolute Gasteiger partial charge is 0.0259 e. The average molecular weight is 154 g/mol. The lowest BCUT2D eigenvalue weighted by Gasteiger charge is -2.21. The van der Waals surface area contributed by atoms with Crippen LogP contribution in [0.5, 0.6) is 0 Å². The van der Waals surface area contributed by atoms with Crippen LogP contribution < -0.4 is 0 Å². The highest BCUT2D eigenvalue weighted by molar-refractivity contribution is 8.00. The van der Waals surface area contributed by atoms with Gasteiger partial charge in [0.15, 0.2) is 0 Å². The highest BCUT2D eigenvalue weighted by Crippen LogP contribution is 2.39. The van der Waals surface area contributed by atoms with Crippen molar-refractivity contribution in [2.24, 2.45) is 5.92 Å². The van der Waals surface area contributed by atoms with E-state index >= 15 is 0 Å². The first-order chi connectivity index (χ1) is 4.86. The molecule has 0 spiro atoms. The number of hydrogen-bond acceptors (Lipinski definition) is 1. The van der Waals surface area contributed by atoms with Crippen molar-refractivity contribution in [2.45, 2.75) is 31.4 Å². The molecule has 1 heterocycles. The van der Waals surface area contributed by atoms with Crippen LogP contribution in [0.2, 0.25) is 0 Å². The van der Waals surface area contributed by atoms with Gasteiger partial charge in [0.25, 0.3) is 0 Å². The fraction of sp³-hybridized carbons (Fsp3) is 0.778. The second-order valence-electron chi connectivity index (χ2n) is 3.47. The van der Waals surface area contributed by atoms with Gasteiger partial charge in [-0.3, -0.25) is 0 Å². The van der Waals surface area contributed by atoms with Gasteiger partial charge in [-0.2, -0.15) is 11.8 Å². The van der Waals surface area contributed by atoms with Gasteiger partial charge in [0.05, 0.1) is 0 Å². The lowest BCUT2D eigenvalue weighted by Crippen LogP contribution is -2.11. The molecule has 0 aromatic heterocycles. The van der Waals surface area contributed by atoms with Gasteiger partial charge < -0.3 is 0 Å². The van der Waals surface area contributed by atoms with Gasteiger partial charge >= 0.3 is 0 Å². The van der Waals surface area contributed by atoms with Crippen LogP contribution in [0.4, 0.5) is 0 Å². The van der Waals surface area contributed by atoms with Crippen molar-refractivity contribution in [3.8, 4) is 0 Å². The molecule has 1 aliphatic heterocycles. The third-order valence-electron chi connectivity index (χ3n) is 2.52. The van der Waals surface area contributed by atoms with Crippen molar-refractivity contribution in [1.82, 2.24) is 0 Å². The van der Waals surface area contributed by atoms with Crippen molar-refractivity contribution in [1.29, 1.82) is 0 Å². The summed E-state index contributed by atoms with van der Waals surface area (Å²) in [7, 11) is 0. The van der Waals surface area contributed by atoms with E-state index in [9.17, 15) is 0 Å². The highest BCUT2D eigenvalue weighted by atomic mass is 32.2. The summed E-state index contributed by atoms with van der Waals surface area (Å²) in [5.74, 6) is 2.32. The molecule has 2 unspecified atom stereocenters. The Hall–Kier alpha value is 0.0900. The van der Waals surface area contributed by atoms with Gasteiger partial charge in [-0.1, -0.05) is 18.6 Å². The number of hydrogen-bond donors (Lipinski definition) is 0. The zero-order valence-corrected chi connectivity index (χ0v) is 7.29. The molecule has 10 heavy (non-hydrogen) atoms. The molecule has 2 rings (SSSR count). The Labute approximate surface area is 67.1 Å². The predicted molar refractivity (Wildman–Crippen MR) is 47.3 cm³/mol. The van der Waals surface area contributed by atoms with Crippen molar-refractivity contribution >= 4 is 11.8 Å². The minimum atomic E-state index is 0.920. The van der Waals surface area contributed by atoms with Crippen LogP contribution in [-0.4, -0.2) is 11.0 Å². The molecule has 2 atom stereocenters. The van der Waals surface area contributed by atoms with E-state index in [-0.39, 0.29) is 0 Å². The third kappa shape index (κ3) is 1.12. The maximum Gasteiger partial charge on any atom is 0.0259 e. The quantitative estimate of drug-likeness (QED) is 0.483. The molecule has 0 aromatic rings. The maximum absolute atomic E-state index is 2.48. The summed E-state index contributed by atoms with van der Waals surface area (Å²) in [6.07, 6.45) is 6.64. The summed E-state index contributed by atoms with van der Waals surface area (Å²) in [6, 6.07) is 0. The maximum atomic E-state index is 2.48. The fourth-order valence-corrected chi connectivity index (χ4v) is 3.39. The molecule has 56 valence electrons. The van der Waals surface area contributed by atoms with Gasteiger partial charge in [-0.05, 0) is 30.9 Å². The number of fused-ring (bicyclic) bond motifs is 1. The molecule has 0 radical (unpaired) electrons. The summed E-state index contributed by atoms with van der Waals surface area (Å²) in [5, 5.41) is 0.920. The fourth-order valence-electron chi connectivity index (χ4n) is 1.85. The molecular formula is C9H14S. The van der Waals surface area contributed by atoms with Crippen LogP contribution in [0.15, 0.2) is 11.6 Å². The molecule has 2 aliphatic rings. The van der Waals surface area contributed by atoms with E-state index in [2.05, 4.69) is 24.8 Å². The molecule has 0 N–H and O–H groups in total. The lowest BCUT2D eigenvalue weighted by atomic mass is 9.90. The second kappa shape index (κ2) is 2.61. The number of thioether (sulfide) groups is 1. The van der Waals surface area contributed by atoms with Crippen LogP contribution in [0, 0.1) is 5.92 Å². The van der Waals surface area contributed by atoms with Crippen LogP contribution in [-0.2, 0) is 0 Å². The minimum Gasteiger partial charge on any atom is -0.154 e. The summed E-state index contributed by atoms with van der Waals surface area (Å²) in [5.41, 5.74) is 1.75. The van der Waals surface area contributed by atoms with Crippen molar-refractivity contribution in [3.05, 3.63) is 11.6 Å². The first-order valence-corrected chi connectivity index (χ1v) is 5.21. The van der Waals surface area contributed by atoms with Crippen LogP contribution in [0.3, 0.4) is 0 Å². The second-order valence-corrected chi connectivity index (χ2v) is 4.78. The number of rotatable bonds is 0. The summed E-state index contributed by atoms with van der Waals surface area (Å²) in [6.45, 7) is 2.37. The molecule has 0 aromatic carbocycles. The van der Waals surface area contributed by atoms with E-state index < -0.39 is 0 Å². The van der Waals surface area contributed by atoms with Gasteiger partial charge in [0, 0.05) is 5.25 Å². The Bertz CT molecular complexity index is 160. The Morgan fingerprint density at radius 3 is 3.40 bits per heavy atom. The van der Waals surface area contributed by atoms with E-state index in [1.807, 2.05) is 0 Å². The normalized spacial score (nSPS) is 39.1. The summed E-state index contributed by atoms with van der Waals surface area (Å²) in [4.78, 5) is 0. The zero-order valence-electron chi connectivity index (χ0n) is 6.47. The van der Waals surface area contributed by atoms with E-state index in [1.54, 1.807) is 5.57 Å². The largest absolute Gasteiger partial charge is 0.154 e. The third-order valence-corrected chi connectivity index (χ3v) is 3.86. The van der Waals surface area contributed by atoms with Gasteiger partial charge in [0.2, 0.25) is 0 Å². The Kier molecular flexibility index (Phi) is 1.77. The molecule has 1 saturated heterocycles. The first kappa shape index (κ1) is 6.78. The van der Waals surface area contributed by atoms with E-state index in [4.69, 9.17) is 0 Å². The van der Waals surface area contributed by atoms with Crippen molar-refractivity contribution in [2.75, 3.05) is 5.75 Å². The SMILES string of the molecule is CC1CC=C2CCSC2C1. The summed E-state index contributed by atoms with van der Waals surface area (Å²) < 4.78 is 0. The zero-order chi connectivity index (χ0) is 6.97. The number of allylic oxidation sites excluding steroid dienone is 1. The molecule has 0 amide bonds. The van der Waals surface area contributed by atoms with Gasteiger partial charge in [-0.25, -0.2) is 0 Å². The lowest BCUT2D eigenvalue weighted by molar-refractivity contribution is 0.521. The Morgan fingerprint density at radius 1 is 1.60 bits per heavy atom. The van der Waals surface area contributed by atoms with E-state index in [0.29, 0.717) is 0 Å². The van der Waals surface area contributed by atoms with Crippen molar-refractivity contribution < 1.29 is 0 Å². The Balaban J connectivity index is 2.12. The van der Waals surface area contributed by atoms with E-state index in [1.165, 1.54) is 25.0 Å². The molecule has 0 nitrogen and oxygen atoms in total. The molecule has 0 bridgehead atoms. The molecule has 1 heteroatoms. The molecule has 1 aliphatic carbocycles. The highest BCUT2D eigenvalue weighted by Gasteiger charge is 2.25. The Morgan fingerprint density at radius 2 is 2.50 bits per heavy atom. The first-order valence-electron chi connectivity index (χ1n) is 4.17. The average Bonchev–Trinajstić information content (AvgIpc) is 2.33. The minimum absolute atomic E-state index is 0.920. The van der Waals surface area contributed by atoms with Crippen LogP contribution in [0.25, 0.3) is 0 Å². The van der Waals surface area contributed by atoms with Gasteiger partial charge in [-0.15, -0.1) is 0 Å². The predicted octanol–water partition coefficient (Wildman–Crippen LogP) is 2.85. The van der Waals surface area contributed by atoms with Crippen LogP contribution in [0.1, 0.15) is 26.2 Å². The van der Waals surface area contributed by atoms with Crippen LogP contribution >= 0.6 is 11.8 Å². The standard InChI is InChI=1S/C9H14S/c1-7-2-3-8-4-5-10-9(8)6-7/h3,7,9H,2,4-6H2,1H3. The molecular weight excluding hydrogens is 140 g/mol. The molecule has 0 saturated carbocycles. The molecule has 1 fully saturated rings. The van der Waals surface area contributed by atoms with Gasteiger partial charge in [0.1, 0.15) is 0 Å². The monoisotopic (exact) mass is 154 g/mol. The van der Waals surface area contributed by atoms with Crippen molar-refractivity contribution in [3.63, 3.8) is 0 Å².